The lowest BCUT2D eigenvalue weighted by Gasteiger charge is -2.47. The summed E-state index contributed by atoms with van der Waals surface area (Å²) in [4.78, 5) is 11.9. The molecule has 126 valence electrons. The van der Waals surface area contributed by atoms with Gasteiger partial charge in [-0.1, -0.05) is 13.0 Å². The van der Waals surface area contributed by atoms with Crippen molar-refractivity contribution >= 4 is 5.91 Å². The van der Waals surface area contributed by atoms with Crippen molar-refractivity contribution < 1.29 is 19.7 Å². The number of nitrogens with one attached hydrogen (secondary N) is 1. The van der Waals surface area contributed by atoms with E-state index in [1.807, 2.05) is 12.1 Å². The van der Waals surface area contributed by atoms with Crippen LogP contribution in [-0.2, 0) is 5.41 Å². The quantitative estimate of drug-likeness (QED) is 0.774. The summed E-state index contributed by atoms with van der Waals surface area (Å²) in [5.74, 6) is 0.874. The number of benzene rings is 1. The molecule has 0 saturated heterocycles. The van der Waals surface area contributed by atoms with E-state index in [1.54, 1.807) is 13.1 Å². The highest BCUT2D eigenvalue weighted by Crippen LogP contribution is 2.52. The van der Waals surface area contributed by atoms with E-state index in [1.165, 1.54) is 0 Å². The maximum atomic E-state index is 11.9. The third-order valence-electron chi connectivity index (χ3n) is 5.69. The van der Waals surface area contributed by atoms with E-state index < -0.39 is 12.2 Å². The van der Waals surface area contributed by atoms with Crippen molar-refractivity contribution in [2.75, 3.05) is 13.7 Å². The molecule has 1 heterocycles. The van der Waals surface area contributed by atoms with Crippen molar-refractivity contribution in [2.45, 2.75) is 50.2 Å². The SMILES string of the molecule is CCC12CC(O)C(O)CC1CCOc1cc(C(=O)NC)ccc12. The summed E-state index contributed by atoms with van der Waals surface area (Å²) in [6.07, 6.45) is 1.47. The van der Waals surface area contributed by atoms with Crippen LogP contribution in [0.1, 0.15) is 48.5 Å². The molecule has 4 unspecified atom stereocenters. The summed E-state index contributed by atoms with van der Waals surface area (Å²) in [5.41, 5.74) is 1.43. The van der Waals surface area contributed by atoms with Crippen LogP contribution in [0, 0.1) is 5.92 Å². The van der Waals surface area contributed by atoms with Gasteiger partial charge in [0.15, 0.2) is 0 Å². The first-order valence-electron chi connectivity index (χ1n) is 8.37. The molecule has 23 heavy (non-hydrogen) atoms. The number of fused-ring (bicyclic) bond motifs is 3. The lowest BCUT2D eigenvalue weighted by Crippen LogP contribution is -2.48. The zero-order chi connectivity index (χ0) is 16.6. The van der Waals surface area contributed by atoms with E-state index >= 15 is 0 Å². The largest absolute Gasteiger partial charge is 0.493 e. The minimum Gasteiger partial charge on any atom is -0.493 e. The van der Waals surface area contributed by atoms with E-state index in [4.69, 9.17) is 4.74 Å². The summed E-state index contributed by atoms with van der Waals surface area (Å²) < 4.78 is 5.93. The van der Waals surface area contributed by atoms with Crippen LogP contribution in [0.4, 0.5) is 0 Å². The summed E-state index contributed by atoms with van der Waals surface area (Å²) in [6.45, 7) is 2.69. The Labute approximate surface area is 136 Å². The predicted molar refractivity (Wildman–Crippen MR) is 86.7 cm³/mol. The van der Waals surface area contributed by atoms with E-state index in [-0.39, 0.29) is 17.2 Å². The predicted octanol–water partition coefficient (Wildman–Crippen LogP) is 1.61. The number of aliphatic hydroxyl groups is 2. The highest BCUT2D eigenvalue weighted by molar-refractivity contribution is 5.94. The third-order valence-corrected chi connectivity index (χ3v) is 5.69. The second kappa shape index (κ2) is 6.13. The van der Waals surface area contributed by atoms with Gasteiger partial charge >= 0.3 is 0 Å². The van der Waals surface area contributed by atoms with Crippen LogP contribution in [-0.4, -0.2) is 42.0 Å². The molecular weight excluding hydrogens is 294 g/mol. The summed E-state index contributed by atoms with van der Waals surface area (Å²) >= 11 is 0. The molecule has 1 amide bonds. The van der Waals surface area contributed by atoms with Gasteiger partial charge in [-0.2, -0.15) is 0 Å². The van der Waals surface area contributed by atoms with Gasteiger partial charge in [-0.05, 0) is 43.7 Å². The van der Waals surface area contributed by atoms with Crippen molar-refractivity contribution in [2.24, 2.45) is 5.92 Å². The molecule has 3 rings (SSSR count). The number of rotatable bonds is 2. The van der Waals surface area contributed by atoms with Crippen LogP contribution >= 0.6 is 0 Å². The second-order valence-corrected chi connectivity index (χ2v) is 6.71. The lowest BCUT2D eigenvalue weighted by molar-refractivity contribution is -0.0611. The first-order chi connectivity index (χ1) is 11.0. The molecule has 2 aliphatic rings. The Morgan fingerprint density at radius 2 is 2.17 bits per heavy atom. The summed E-state index contributed by atoms with van der Waals surface area (Å²) in [6, 6.07) is 5.58. The van der Waals surface area contributed by atoms with Crippen LogP contribution in [0.15, 0.2) is 18.2 Å². The fraction of sp³-hybridized carbons (Fsp3) is 0.611. The van der Waals surface area contributed by atoms with E-state index in [0.29, 0.717) is 25.0 Å². The summed E-state index contributed by atoms with van der Waals surface area (Å²) in [7, 11) is 1.61. The molecule has 1 fully saturated rings. The number of amides is 1. The second-order valence-electron chi connectivity index (χ2n) is 6.71. The molecule has 1 aliphatic heterocycles. The highest BCUT2D eigenvalue weighted by atomic mass is 16.5. The van der Waals surface area contributed by atoms with Crippen LogP contribution in [0.2, 0.25) is 0 Å². The average Bonchev–Trinajstić information content (AvgIpc) is 2.71. The third kappa shape index (κ3) is 2.62. The van der Waals surface area contributed by atoms with Gasteiger partial charge in [0.25, 0.3) is 5.91 Å². The first-order valence-corrected chi connectivity index (χ1v) is 8.37. The molecule has 1 aromatic carbocycles. The minimum absolute atomic E-state index is 0.137. The fourth-order valence-electron chi connectivity index (χ4n) is 4.35. The van der Waals surface area contributed by atoms with Gasteiger partial charge in [0.2, 0.25) is 0 Å². The van der Waals surface area contributed by atoms with Crippen molar-refractivity contribution in [3.63, 3.8) is 0 Å². The van der Waals surface area contributed by atoms with Crippen LogP contribution in [0.5, 0.6) is 5.75 Å². The fourth-order valence-corrected chi connectivity index (χ4v) is 4.35. The maximum absolute atomic E-state index is 11.9. The zero-order valence-corrected chi connectivity index (χ0v) is 13.7. The number of aliphatic hydroxyl groups excluding tert-OH is 2. The molecule has 0 radical (unpaired) electrons. The van der Waals surface area contributed by atoms with Crippen molar-refractivity contribution in [1.82, 2.24) is 5.32 Å². The van der Waals surface area contributed by atoms with Crippen molar-refractivity contribution in [3.8, 4) is 5.75 Å². The van der Waals surface area contributed by atoms with Crippen molar-refractivity contribution in [3.05, 3.63) is 29.3 Å². The van der Waals surface area contributed by atoms with Crippen LogP contribution in [0.3, 0.4) is 0 Å². The normalized spacial score (nSPS) is 33.0. The number of ether oxygens (including phenoxy) is 1. The Balaban J connectivity index is 2.08. The molecule has 1 aromatic rings. The van der Waals surface area contributed by atoms with Gasteiger partial charge in [-0.3, -0.25) is 4.79 Å². The van der Waals surface area contributed by atoms with Gasteiger partial charge in [0, 0.05) is 23.6 Å². The lowest BCUT2D eigenvalue weighted by atomic mass is 9.59. The number of hydrogen-bond donors (Lipinski definition) is 3. The molecule has 5 heteroatoms. The van der Waals surface area contributed by atoms with Crippen molar-refractivity contribution in [1.29, 1.82) is 0 Å². The molecule has 3 N–H and O–H groups in total. The maximum Gasteiger partial charge on any atom is 0.251 e. The molecule has 0 aromatic heterocycles. The van der Waals surface area contributed by atoms with E-state index in [9.17, 15) is 15.0 Å². The Bertz CT molecular complexity index is 603. The van der Waals surface area contributed by atoms with Gasteiger partial charge in [-0.25, -0.2) is 0 Å². The van der Waals surface area contributed by atoms with E-state index in [2.05, 4.69) is 12.2 Å². The zero-order valence-electron chi connectivity index (χ0n) is 13.7. The molecule has 0 bridgehead atoms. The standard InChI is InChI=1S/C18H25NO4/c1-3-18-10-15(21)14(20)9-12(18)6-7-23-16-8-11(17(22)19-2)4-5-13(16)18/h4-5,8,12,14-15,20-21H,3,6-7,9-10H2,1-2H3,(H,19,22). The summed E-state index contributed by atoms with van der Waals surface area (Å²) in [5, 5.41) is 23.0. The Morgan fingerprint density at radius 1 is 1.39 bits per heavy atom. The van der Waals surface area contributed by atoms with Gasteiger partial charge in [0.1, 0.15) is 5.75 Å². The molecule has 5 nitrogen and oxygen atoms in total. The monoisotopic (exact) mass is 319 g/mol. The van der Waals surface area contributed by atoms with E-state index in [0.717, 1.165) is 24.2 Å². The van der Waals surface area contributed by atoms with Gasteiger partial charge < -0.3 is 20.3 Å². The smallest absolute Gasteiger partial charge is 0.251 e. The Hall–Kier alpha value is -1.59. The van der Waals surface area contributed by atoms with Gasteiger partial charge in [0.05, 0.1) is 18.8 Å². The first kappa shape index (κ1) is 16.3. The minimum atomic E-state index is -0.712. The number of carbonyl (C=O) groups excluding carboxylic acids is 1. The highest BCUT2D eigenvalue weighted by Gasteiger charge is 2.49. The molecule has 4 atom stereocenters. The molecule has 0 spiro atoms. The number of hydrogen-bond acceptors (Lipinski definition) is 4. The Kier molecular flexibility index (Phi) is 4.34. The topological polar surface area (TPSA) is 78.8 Å². The number of carbonyl (C=O) groups is 1. The van der Waals surface area contributed by atoms with Gasteiger partial charge in [-0.15, -0.1) is 0 Å². The average molecular weight is 319 g/mol. The molecule has 1 saturated carbocycles. The molecule has 1 aliphatic carbocycles. The Morgan fingerprint density at radius 3 is 2.87 bits per heavy atom. The van der Waals surface area contributed by atoms with Crippen LogP contribution in [0.25, 0.3) is 0 Å². The van der Waals surface area contributed by atoms with Crippen LogP contribution < -0.4 is 10.1 Å². The molecular formula is C18H25NO4.